The van der Waals surface area contributed by atoms with Crippen molar-refractivity contribution in [3.8, 4) is 0 Å². The Hall–Kier alpha value is -1.30. The lowest BCUT2D eigenvalue weighted by molar-refractivity contribution is 0.795. The standard InChI is InChI=1S/C17H22/c1-3-5-6-15-8-10-16(11-9-15)17-12-7-14(4-2)13-17/h8-13H,3-7H2,1-2H3. The minimum absolute atomic E-state index is 1.14. The van der Waals surface area contributed by atoms with Gasteiger partial charge in [0.1, 0.15) is 0 Å². The monoisotopic (exact) mass is 226 g/mol. The summed E-state index contributed by atoms with van der Waals surface area (Å²) in [5.74, 6) is 0. The van der Waals surface area contributed by atoms with Crippen LogP contribution in [-0.4, -0.2) is 0 Å². The number of hydrogen-bond donors (Lipinski definition) is 0. The molecule has 17 heavy (non-hydrogen) atoms. The van der Waals surface area contributed by atoms with Crippen LogP contribution in [-0.2, 0) is 6.42 Å². The Labute approximate surface area is 105 Å². The molecule has 0 saturated heterocycles. The molecule has 0 N–H and O–H groups in total. The van der Waals surface area contributed by atoms with Gasteiger partial charge in [-0.2, -0.15) is 0 Å². The van der Waals surface area contributed by atoms with Crippen molar-refractivity contribution in [3.05, 3.63) is 53.1 Å². The van der Waals surface area contributed by atoms with Gasteiger partial charge in [0.2, 0.25) is 0 Å². The number of unbranched alkanes of at least 4 members (excludes halogenated alkanes) is 1. The van der Waals surface area contributed by atoms with Gasteiger partial charge >= 0.3 is 0 Å². The van der Waals surface area contributed by atoms with Crippen LogP contribution in [0.4, 0.5) is 0 Å². The van der Waals surface area contributed by atoms with Gasteiger partial charge in [-0.3, -0.25) is 0 Å². The van der Waals surface area contributed by atoms with Crippen LogP contribution in [0, 0.1) is 0 Å². The van der Waals surface area contributed by atoms with Gasteiger partial charge in [0.05, 0.1) is 0 Å². The first-order chi connectivity index (χ1) is 8.33. The van der Waals surface area contributed by atoms with Crippen LogP contribution in [0.5, 0.6) is 0 Å². The smallest absolute Gasteiger partial charge is 0.0126 e. The van der Waals surface area contributed by atoms with Crippen LogP contribution in [0.25, 0.3) is 5.57 Å². The average molecular weight is 226 g/mol. The normalized spacial score (nSPS) is 14.7. The zero-order valence-corrected chi connectivity index (χ0v) is 11.0. The van der Waals surface area contributed by atoms with Crippen molar-refractivity contribution in [1.82, 2.24) is 0 Å². The van der Waals surface area contributed by atoms with Gasteiger partial charge in [-0.1, -0.05) is 62.3 Å². The summed E-state index contributed by atoms with van der Waals surface area (Å²) < 4.78 is 0. The molecule has 0 amide bonds. The highest BCUT2D eigenvalue weighted by Gasteiger charge is 2.06. The van der Waals surface area contributed by atoms with E-state index in [-0.39, 0.29) is 0 Å². The summed E-state index contributed by atoms with van der Waals surface area (Å²) in [4.78, 5) is 0. The lowest BCUT2D eigenvalue weighted by Gasteiger charge is -2.03. The Bertz CT molecular complexity index is 418. The minimum Gasteiger partial charge on any atom is -0.0726 e. The lowest BCUT2D eigenvalue weighted by Crippen LogP contribution is -1.86. The molecule has 0 nitrogen and oxygen atoms in total. The van der Waals surface area contributed by atoms with E-state index in [2.05, 4.69) is 50.3 Å². The van der Waals surface area contributed by atoms with E-state index >= 15 is 0 Å². The first kappa shape index (κ1) is 12.2. The van der Waals surface area contributed by atoms with Crippen molar-refractivity contribution >= 4 is 5.57 Å². The molecular formula is C17H22. The fourth-order valence-electron chi connectivity index (χ4n) is 2.27. The number of allylic oxidation sites excluding steroid dienone is 4. The van der Waals surface area contributed by atoms with E-state index in [9.17, 15) is 0 Å². The van der Waals surface area contributed by atoms with Crippen LogP contribution in [0.15, 0.2) is 42.0 Å². The van der Waals surface area contributed by atoms with E-state index in [0.29, 0.717) is 0 Å². The highest BCUT2D eigenvalue weighted by Crippen LogP contribution is 2.27. The highest BCUT2D eigenvalue weighted by atomic mass is 14.1. The first-order valence-electron chi connectivity index (χ1n) is 6.82. The molecule has 2 rings (SSSR count). The number of benzene rings is 1. The van der Waals surface area contributed by atoms with Crippen molar-refractivity contribution in [2.75, 3.05) is 0 Å². The van der Waals surface area contributed by atoms with E-state index in [4.69, 9.17) is 0 Å². The molecule has 0 fully saturated rings. The molecule has 0 heterocycles. The van der Waals surface area contributed by atoms with E-state index in [1.807, 2.05) is 0 Å². The molecule has 1 aliphatic rings. The fraction of sp³-hybridized carbons (Fsp3) is 0.412. The third-order valence-electron chi connectivity index (χ3n) is 3.50. The summed E-state index contributed by atoms with van der Waals surface area (Å²) in [5.41, 5.74) is 5.79. The van der Waals surface area contributed by atoms with Gasteiger partial charge in [0, 0.05) is 0 Å². The predicted molar refractivity (Wildman–Crippen MR) is 76.0 cm³/mol. The van der Waals surface area contributed by atoms with Gasteiger partial charge in [-0.15, -0.1) is 0 Å². The van der Waals surface area contributed by atoms with E-state index in [1.54, 1.807) is 5.57 Å². The maximum Gasteiger partial charge on any atom is -0.0126 e. The summed E-state index contributed by atoms with van der Waals surface area (Å²) in [5, 5.41) is 0. The maximum atomic E-state index is 2.35. The van der Waals surface area contributed by atoms with Crippen LogP contribution >= 0.6 is 0 Å². The summed E-state index contributed by atoms with van der Waals surface area (Å²) in [6.45, 7) is 4.48. The average Bonchev–Trinajstić information content (AvgIpc) is 2.86. The number of rotatable bonds is 5. The largest absolute Gasteiger partial charge is 0.0726 e. The van der Waals surface area contributed by atoms with Gasteiger partial charge in [-0.05, 0) is 42.4 Å². The number of hydrogen-bond acceptors (Lipinski definition) is 0. The van der Waals surface area contributed by atoms with Crippen LogP contribution in [0.3, 0.4) is 0 Å². The summed E-state index contributed by atoms with van der Waals surface area (Å²) in [6.07, 6.45) is 10.8. The molecule has 0 saturated carbocycles. The Balaban J connectivity index is 2.06. The zero-order chi connectivity index (χ0) is 12.1. The summed E-state index contributed by atoms with van der Waals surface area (Å²) in [7, 11) is 0. The van der Waals surface area contributed by atoms with Crippen molar-refractivity contribution < 1.29 is 0 Å². The fourth-order valence-corrected chi connectivity index (χ4v) is 2.27. The van der Waals surface area contributed by atoms with Crippen molar-refractivity contribution in [1.29, 1.82) is 0 Å². The van der Waals surface area contributed by atoms with Crippen LogP contribution in [0.2, 0.25) is 0 Å². The molecule has 90 valence electrons. The second-order valence-corrected chi connectivity index (χ2v) is 4.82. The van der Waals surface area contributed by atoms with E-state index < -0.39 is 0 Å². The Kier molecular flexibility index (Phi) is 4.19. The molecule has 1 aromatic carbocycles. The molecule has 1 aliphatic carbocycles. The summed E-state index contributed by atoms with van der Waals surface area (Å²) in [6, 6.07) is 9.10. The number of aryl methyl sites for hydroxylation is 1. The van der Waals surface area contributed by atoms with Crippen LogP contribution in [0.1, 0.15) is 50.7 Å². The molecule has 0 unspecified atom stereocenters. The lowest BCUT2D eigenvalue weighted by atomic mass is 10.0. The molecule has 0 aromatic heterocycles. The van der Waals surface area contributed by atoms with Gasteiger partial charge < -0.3 is 0 Å². The summed E-state index contributed by atoms with van der Waals surface area (Å²) >= 11 is 0. The second-order valence-electron chi connectivity index (χ2n) is 4.82. The first-order valence-corrected chi connectivity index (χ1v) is 6.82. The van der Waals surface area contributed by atoms with E-state index in [1.165, 1.54) is 42.4 Å². The molecule has 0 atom stereocenters. The minimum atomic E-state index is 1.14. The Morgan fingerprint density at radius 1 is 1.06 bits per heavy atom. The molecule has 1 aromatic rings. The second kappa shape index (κ2) is 5.86. The third kappa shape index (κ3) is 3.09. The van der Waals surface area contributed by atoms with Gasteiger partial charge in [0.25, 0.3) is 0 Å². The van der Waals surface area contributed by atoms with Crippen molar-refractivity contribution in [2.24, 2.45) is 0 Å². The predicted octanol–water partition coefficient (Wildman–Crippen LogP) is 5.15. The maximum absolute atomic E-state index is 2.35. The van der Waals surface area contributed by atoms with Crippen LogP contribution < -0.4 is 0 Å². The quantitative estimate of drug-likeness (QED) is 0.651. The highest BCUT2D eigenvalue weighted by molar-refractivity contribution is 5.77. The molecular weight excluding hydrogens is 204 g/mol. The third-order valence-corrected chi connectivity index (χ3v) is 3.50. The SMILES string of the molecule is CCCCc1ccc(C2=CCC(CC)=C2)cc1. The molecule has 0 aliphatic heterocycles. The van der Waals surface area contributed by atoms with E-state index in [0.717, 1.165) is 6.42 Å². The topological polar surface area (TPSA) is 0 Å². The molecule has 0 bridgehead atoms. The van der Waals surface area contributed by atoms with Crippen molar-refractivity contribution in [3.63, 3.8) is 0 Å². The molecule has 0 spiro atoms. The Morgan fingerprint density at radius 3 is 2.41 bits per heavy atom. The molecule has 0 radical (unpaired) electrons. The molecule has 0 heteroatoms. The van der Waals surface area contributed by atoms with Gasteiger partial charge in [0.15, 0.2) is 0 Å². The van der Waals surface area contributed by atoms with Crippen molar-refractivity contribution in [2.45, 2.75) is 46.0 Å². The Morgan fingerprint density at radius 2 is 1.82 bits per heavy atom. The zero-order valence-electron chi connectivity index (χ0n) is 11.0. The van der Waals surface area contributed by atoms with Gasteiger partial charge in [-0.25, -0.2) is 0 Å².